The van der Waals surface area contributed by atoms with E-state index in [2.05, 4.69) is 6.92 Å². The van der Waals surface area contributed by atoms with E-state index in [1.807, 2.05) is 6.92 Å². The van der Waals surface area contributed by atoms with Gasteiger partial charge >= 0.3 is 5.97 Å². The number of ether oxygens (including phenoxy) is 2. The molecule has 0 aromatic carbocycles. The quantitative estimate of drug-likeness (QED) is 0.469. The summed E-state index contributed by atoms with van der Waals surface area (Å²) < 4.78 is 10.3. The fourth-order valence-electron chi connectivity index (χ4n) is 1.58. The van der Waals surface area contributed by atoms with Gasteiger partial charge in [-0.3, -0.25) is 9.59 Å². The Morgan fingerprint density at radius 2 is 1.83 bits per heavy atom. The number of carbonyl (C=O) groups excluding carboxylic acids is 2. The maximum Gasteiger partial charge on any atom is 0.304 e. The summed E-state index contributed by atoms with van der Waals surface area (Å²) in [5.41, 5.74) is 0. The molecule has 0 aromatic heterocycles. The van der Waals surface area contributed by atoms with E-state index < -0.39 is 6.29 Å². The Balaban J connectivity index is 4.17. The van der Waals surface area contributed by atoms with E-state index in [0.29, 0.717) is 19.6 Å². The predicted molar refractivity (Wildman–Crippen MR) is 69.0 cm³/mol. The molecule has 0 aliphatic rings. The Bertz CT molecular complexity index is 255. The lowest BCUT2D eigenvalue weighted by molar-refractivity contribution is -0.177. The molecular formula is C13H25NO4. The highest BCUT2D eigenvalue weighted by molar-refractivity contribution is 5.73. The second-order valence-electron chi connectivity index (χ2n) is 4.14. The Morgan fingerprint density at radius 3 is 2.28 bits per heavy atom. The molecule has 0 spiro atoms. The van der Waals surface area contributed by atoms with Crippen LogP contribution >= 0.6 is 0 Å². The monoisotopic (exact) mass is 259 g/mol. The van der Waals surface area contributed by atoms with Gasteiger partial charge in [-0.1, -0.05) is 13.3 Å². The van der Waals surface area contributed by atoms with Crippen molar-refractivity contribution >= 4 is 11.9 Å². The van der Waals surface area contributed by atoms with E-state index in [1.54, 1.807) is 11.8 Å². The molecule has 106 valence electrons. The largest absolute Gasteiger partial charge is 0.436 e. The zero-order chi connectivity index (χ0) is 14.0. The fourth-order valence-corrected chi connectivity index (χ4v) is 1.58. The summed E-state index contributed by atoms with van der Waals surface area (Å²) in [6.45, 7) is 8.60. The van der Waals surface area contributed by atoms with Crippen LogP contribution in [0.2, 0.25) is 0 Å². The van der Waals surface area contributed by atoms with Crippen molar-refractivity contribution in [3.63, 3.8) is 0 Å². The molecule has 1 atom stereocenters. The van der Waals surface area contributed by atoms with E-state index >= 15 is 0 Å². The molecule has 0 rings (SSSR count). The number of esters is 1. The van der Waals surface area contributed by atoms with Crippen LogP contribution in [0.25, 0.3) is 0 Å². The molecule has 0 aromatic rings. The highest BCUT2D eigenvalue weighted by atomic mass is 16.7. The lowest BCUT2D eigenvalue weighted by Crippen LogP contribution is -2.34. The third-order valence-electron chi connectivity index (χ3n) is 2.51. The van der Waals surface area contributed by atoms with Crippen molar-refractivity contribution in [1.29, 1.82) is 0 Å². The summed E-state index contributed by atoms with van der Waals surface area (Å²) in [6, 6.07) is 0. The van der Waals surface area contributed by atoms with Crippen molar-refractivity contribution in [2.75, 3.05) is 19.7 Å². The van der Waals surface area contributed by atoms with Gasteiger partial charge in [-0.2, -0.15) is 0 Å². The lowest BCUT2D eigenvalue weighted by Gasteiger charge is -2.24. The number of unbranched alkanes of at least 4 members (excludes halogenated alkanes) is 1. The van der Waals surface area contributed by atoms with E-state index in [1.165, 1.54) is 6.92 Å². The summed E-state index contributed by atoms with van der Waals surface area (Å²) in [6.07, 6.45) is 1.97. The van der Waals surface area contributed by atoms with Gasteiger partial charge in [0.2, 0.25) is 12.2 Å². The van der Waals surface area contributed by atoms with E-state index in [9.17, 15) is 9.59 Å². The van der Waals surface area contributed by atoms with Crippen LogP contribution in [0.5, 0.6) is 0 Å². The van der Waals surface area contributed by atoms with Gasteiger partial charge in [0.15, 0.2) is 0 Å². The first kappa shape index (κ1) is 16.9. The van der Waals surface area contributed by atoms with Crippen LogP contribution in [0.3, 0.4) is 0 Å². The van der Waals surface area contributed by atoms with Crippen LogP contribution in [-0.2, 0) is 19.1 Å². The highest BCUT2D eigenvalue weighted by Crippen LogP contribution is 2.05. The second kappa shape index (κ2) is 9.88. The maximum atomic E-state index is 11.4. The minimum absolute atomic E-state index is 0.0431. The summed E-state index contributed by atoms with van der Waals surface area (Å²) in [5.74, 6) is -0.321. The Kier molecular flexibility index (Phi) is 9.28. The van der Waals surface area contributed by atoms with Gasteiger partial charge in [0.05, 0.1) is 0 Å². The molecule has 18 heavy (non-hydrogen) atoms. The molecule has 0 heterocycles. The Labute approximate surface area is 109 Å². The van der Waals surface area contributed by atoms with E-state index in [-0.39, 0.29) is 11.9 Å². The molecule has 1 amide bonds. The fraction of sp³-hybridized carbons (Fsp3) is 0.846. The summed E-state index contributed by atoms with van der Waals surface area (Å²) in [7, 11) is 0. The van der Waals surface area contributed by atoms with Gasteiger partial charge < -0.3 is 14.4 Å². The van der Waals surface area contributed by atoms with Crippen molar-refractivity contribution < 1.29 is 19.1 Å². The van der Waals surface area contributed by atoms with Gasteiger partial charge in [0.1, 0.15) is 0 Å². The molecule has 0 saturated heterocycles. The number of nitrogens with zero attached hydrogens (tertiary/aromatic N) is 1. The normalized spacial score (nSPS) is 12.0. The molecule has 0 aliphatic carbocycles. The molecule has 0 radical (unpaired) electrons. The van der Waals surface area contributed by atoms with Crippen molar-refractivity contribution in [1.82, 2.24) is 4.90 Å². The molecule has 1 unspecified atom stereocenters. The average Bonchev–Trinajstić information content (AvgIpc) is 2.28. The summed E-state index contributed by atoms with van der Waals surface area (Å²) in [5, 5.41) is 0. The summed E-state index contributed by atoms with van der Waals surface area (Å²) >= 11 is 0. The number of amides is 1. The minimum Gasteiger partial charge on any atom is -0.436 e. The van der Waals surface area contributed by atoms with Gasteiger partial charge in [0.25, 0.3) is 0 Å². The second-order valence-corrected chi connectivity index (χ2v) is 4.14. The van der Waals surface area contributed by atoms with Gasteiger partial charge in [-0.05, 0) is 13.3 Å². The van der Waals surface area contributed by atoms with Crippen LogP contribution in [0, 0.1) is 0 Å². The van der Waals surface area contributed by atoms with Crippen LogP contribution in [0.1, 0.15) is 47.0 Å². The SMILES string of the molecule is CCCCN(CCC(OCC)OC(C)=O)C(C)=O. The number of hydrogen-bond donors (Lipinski definition) is 0. The first-order valence-electron chi connectivity index (χ1n) is 6.55. The van der Waals surface area contributed by atoms with Gasteiger partial charge in [-0.15, -0.1) is 0 Å². The number of rotatable bonds is 9. The maximum absolute atomic E-state index is 11.4. The van der Waals surface area contributed by atoms with Gasteiger partial charge in [0, 0.05) is 40.0 Å². The third-order valence-corrected chi connectivity index (χ3v) is 2.51. The predicted octanol–water partition coefficient (Wildman–Crippen LogP) is 1.95. The highest BCUT2D eigenvalue weighted by Gasteiger charge is 2.15. The zero-order valence-corrected chi connectivity index (χ0v) is 11.9. The number of hydrogen-bond acceptors (Lipinski definition) is 4. The molecular weight excluding hydrogens is 234 g/mol. The Hall–Kier alpha value is -1.10. The van der Waals surface area contributed by atoms with Crippen molar-refractivity contribution in [2.24, 2.45) is 0 Å². The number of carbonyl (C=O) groups is 2. The van der Waals surface area contributed by atoms with Crippen LogP contribution in [-0.4, -0.2) is 42.8 Å². The summed E-state index contributed by atoms with van der Waals surface area (Å²) in [4.78, 5) is 24.1. The smallest absolute Gasteiger partial charge is 0.304 e. The lowest BCUT2D eigenvalue weighted by atomic mass is 10.3. The molecule has 0 saturated carbocycles. The van der Waals surface area contributed by atoms with Crippen LogP contribution in [0.15, 0.2) is 0 Å². The topological polar surface area (TPSA) is 55.8 Å². The van der Waals surface area contributed by atoms with Crippen LogP contribution in [0.4, 0.5) is 0 Å². The standard InChI is InChI=1S/C13H25NO4/c1-5-7-9-14(11(3)15)10-8-13(17-6-2)18-12(4)16/h13H,5-10H2,1-4H3. The molecule has 0 N–H and O–H groups in total. The van der Waals surface area contributed by atoms with Crippen molar-refractivity contribution in [2.45, 2.75) is 53.2 Å². The van der Waals surface area contributed by atoms with E-state index in [4.69, 9.17) is 9.47 Å². The third kappa shape index (κ3) is 8.06. The van der Waals surface area contributed by atoms with Crippen molar-refractivity contribution in [3.05, 3.63) is 0 Å². The van der Waals surface area contributed by atoms with Crippen molar-refractivity contribution in [3.8, 4) is 0 Å². The molecule has 0 aliphatic heterocycles. The average molecular weight is 259 g/mol. The molecule has 0 bridgehead atoms. The molecule has 5 heteroatoms. The minimum atomic E-state index is -0.559. The van der Waals surface area contributed by atoms with E-state index in [0.717, 1.165) is 19.4 Å². The zero-order valence-electron chi connectivity index (χ0n) is 11.9. The molecule has 5 nitrogen and oxygen atoms in total. The molecule has 0 fully saturated rings. The Morgan fingerprint density at radius 1 is 1.17 bits per heavy atom. The first-order chi connectivity index (χ1) is 8.51. The van der Waals surface area contributed by atoms with Crippen LogP contribution < -0.4 is 0 Å². The first-order valence-corrected chi connectivity index (χ1v) is 6.55. The van der Waals surface area contributed by atoms with Gasteiger partial charge in [-0.25, -0.2) is 0 Å².